The maximum Gasteiger partial charge on any atom is 0.333 e. The molecule has 1 N–H and O–H groups in total. The minimum absolute atomic E-state index is 0.441. The maximum absolute atomic E-state index is 12.3. The first-order valence-electron chi connectivity index (χ1n) is 9.19. The molecule has 0 spiro atoms. The van der Waals surface area contributed by atoms with Gasteiger partial charge in [0.05, 0.1) is 6.04 Å². The number of aromatic nitrogens is 1. The van der Waals surface area contributed by atoms with E-state index in [1.54, 1.807) is 19.3 Å². The smallest absolute Gasteiger partial charge is 0.333 e. The SMILES string of the molecule is C[C@]1(C(=O)O)N=C(c2ccccc2)N(Cc2ccccc2)[C@H]1c1ccncc1. The van der Waals surface area contributed by atoms with Crippen LogP contribution in [-0.2, 0) is 11.3 Å². The minimum Gasteiger partial charge on any atom is -0.479 e. The topological polar surface area (TPSA) is 65.8 Å². The number of carboxylic acids is 1. The summed E-state index contributed by atoms with van der Waals surface area (Å²) in [5.74, 6) is -0.255. The number of aliphatic carboxylic acids is 1. The van der Waals surface area contributed by atoms with Crippen LogP contribution in [0.15, 0.2) is 90.2 Å². The molecule has 28 heavy (non-hydrogen) atoms. The molecule has 0 aliphatic carbocycles. The largest absolute Gasteiger partial charge is 0.479 e. The van der Waals surface area contributed by atoms with Crippen molar-refractivity contribution < 1.29 is 9.90 Å². The molecule has 5 heteroatoms. The molecule has 1 aliphatic rings. The van der Waals surface area contributed by atoms with Gasteiger partial charge in [0.1, 0.15) is 5.84 Å². The Hall–Kier alpha value is -3.47. The summed E-state index contributed by atoms with van der Waals surface area (Å²) >= 11 is 0. The van der Waals surface area contributed by atoms with Crippen LogP contribution in [0.4, 0.5) is 0 Å². The number of aliphatic imine (C=N–C) groups is 1. The van der Waals surface area contributed by atoms with Gasteiger partial charge >= 0.3 is 5.97 Å². The predicted octanol–water partition coefficient (Wildman–Crippen LogP) is 3.93. The van der Waals surface area contributed by atoms with Crippen molar-refractivity contribution in [3.8, 4) is 0 Å². The number of benzene rings is 2. The Bertz CT molecular complexity index is 990. The van der Waals surface area contributed by atoms with Crippen molar-refractivity contribution in [2.45, 2.75) is 25.0 Å². The molecule has 4 rings (SSSR count). The quantitative estimate of drug-likeness (QED) is 0.738. The van der Waals surface area contributed by atoms with E-state index >= 15 is 0 Å². The van der Waals surface area contributed by atoms with Crippen molar-refractivity contribution >= 4 is 11.8 Å². The van der Waals surface area contributed by atoms with Crippen LogP contribution in [-0.4, -0.2) is 32.3 Å². The van der Waals surface area contributed by atoms with E-state index in [2.05, 4.69) is 9.88 Å². The van der Waals surface area contributed by atoms with E-state index in [1.807, 2.05) is 72.8 Å². The summed E-state index contributed by atoms with van der Waals surface area (Å²) in [7, 11) is 0. The van der Waals surface area contributed by atoms with Gasteiger partial charge in [-0.2, -0.15) is 0 Å². The van der Waals surface area contributed by atoms with Crippen LogP contribution < -0.4 is 0 Å². The van der Waals surface area contributed by atoms with Crippen LogP contribution >= 0.6 is 0 Å². The van der Waals surface area contributed by atoms with E-state index in [0.29, 0.717) is 12.4 Å². The molecule has 0 amide bonds. The van der Waals surface area contributed by atoms with Gasteiger partial charge in [-0.05, 0) is 30.2 Å². The average molecular weight is 371 g/mol. The Kier molecular flexibility index (Phi) is 4.65. The molecule has 1 aromatic heterocycles. The van der Waals surface area contributed by atoms with E-state index < -0.39 is 17.6 Å². The zero-order chi connectivity index (χ0) is 19.6. The molecular weight excluding hydrogens is 350 g/mol. The fourth-order valence-corrected chi connectivity index (χ4v) is 3.75. The van der Waals surface area contributed by atoms with Crippen LogP contribution in [0.3, 0.4) is 0 Å². The highest BCUT2D eigenvalue weighted by atomic mass is 16.4. The van der Waals surface area contributed by atoms with Crippen molar-refractivity contribution in [1.82, 2.24) is 9.88 Å². The molecule has 5 nitrogen and oxygen atoms in total. The fourth-order valence-electron chi connectivity index (χ4n) is 3.75. The van der Waals surface area contributed by atoms with Gasteiger partial charge < -0.3 is 10.0 Å². The number of hydrogen-bond acceptors (Lipinski definition) is 4. The zero-order valence-corrected chi connectivity index (χ0v) is 15.6. The average Bonchev–Trinajstić information content (AvgIpc) is 3.03. The minimum atomic E-state index is -1.30. The van der Waals surface area contributed by atoms with Gasteiger partial charge in [0.15, 0.2) is 5.54 Å². The van der Waals surface area contributed by atoms with Crippen LogP contribution in [0.5, 0.6) is 0 Å². The molecule has 2 aromatic carbocycles. The van der Waals surface area contributed by atoms with Gasteiger partial charge in [0.2, 0.25) is 0 Å². The summed E-state index contributed by atoms with van der Waals surface area (Å²) in [5, 5.41) is 10.1. The third kappa shape index (κ3) is 3.16. The molecule has 1 aliphatic heterocycles. The third-order valence-corrected chi connectivity index (χ3v) is 5.14. The second-order valence-electron chi connectivity index (χ2n) is 7.05. The summed E-state index contributed by atoms with van der Waals surface area (Å²) in [6.45, 7) is 2.25. The molecule has 0 bridgehead atoms. The lowest BCUT2D eigenvalue weighted by molar-refractivity contribution is -0.144. The molecule has 140 valence electrons. The molecule has 0 saturated carbocycles. The van der Waals surface area contributed by atoms with Gasteiger partial charge in [-0.1, -0.05) is 60.7 Å². The Labute approximate surface area is 164 Å². The Morgan fingerprint density at radius 2 is 1.61 bits per heavy atom. The highest BCUT2D eigenvalue weighted by Crippen LogP contribution is 2.42. The first-order chi connectivity index (χ1) is 13.6. The van der Waals surface area contributed by atoms with Crippen LogP contribution in [0.25, 0.3) is 0 Å². The van der Waals surface area contributed by atoms with E-state index in [1.165, 1.54) is 0 Å². The van der Waals surface area contributed by atoms with E-state index in [-0.39, 0.29) is 0 Å². The van der Waals surface area contributed by atoms with E-state index in [9.17, 15) is 9.90 Å². The van der Waals surface area contributed by atoms with Crippen molar-refractivity contribution in [3.05, 3.63) is 102 Å². The van der Waals surface area contributed by atoms with Crippen molar-refractivity contribution in [3.63, 3.8) is 0 Å². The highest BCUT2D eigenvalue weighted by Gasteiger charge is 2.51. The number of amidine groups is 1. The molecular formula is C23H21N3O2. The number of carbonyl (C=O) groups is 1. The Morgan fingerprint density at radius 3 is 2.21 bits per heavy atom. The highest BCUT2D eigenvalue weighted by molar-refractivity contribution is 6.03. The maximum atomic E-state index is 12.3. The molecule has 2 atom stereocenters. The zero-order valence-electron chi connectivity index (χ0n) is 15.6. The lowest BCUT2D eigenvalue weighted by atomic mass is 9.87. The normalized spacial score (nSPS) is 21.4. The van der Waals surface area contributed by atoms with Crippen molar-refractivity contribution in [2.24, 2.45) is 4.99 Å². The predicted molar refractivity (Wildman–Crippen MR) is 108 cm³/mol. The summed E-state index contributed by atoms with van der Waals surface area (Å²) in [6.07, 6.45) is 3.39. The number of hydrogen-bond donors (Lipinski definition) is 1. The summed E-state index contributed by atoms with van der Waals surface area (Å²) in [5.41, 5.74) is 1.58. The van der Waals surface area contributed by atoms with E-state index in [4.69, 9.17) is 4.99 Å². The van der Waals surface area contributed by atoms with Crippen LogP contribution in [0, 0.1) is 0 Å². The van der Waals surface area contributed by atoms with Crippen molar-refractivity contribution in [2.75, 3.05) is 0 Å². The molecule has 2 heterocycles. The first kappa shape index (κ1) is 17.9. The monoisotopic (exact) mass is 371 g/mol. The fraction of sp³-hybridized carbons (Fsp3) is 0.174. The number of rotatable bonds is 5. The molecule has 0 fully saturated rings. The number of carboxylic acid groups (broad SMARTS) is 1. The lowest BCUT2D eigenvalue weighted by Crippen LogP contribution is -2.43. The molecule has 0 saturated heterocycles. The lowest BCUT2D eigenvalue weighted by Gasteiger charge is -2.34. The van der Waals surface area contributed by atoms with Crippen LogP contribution in [0.2, 0.25) is 0 Å². The first-order valence-corrected chi connectivity index (χ1v) is 9.19. The summed E-state index contributed by atoms with van der Waals surface area (Å²) < 4.78 is 0. The number of pyridine rings is 1. The van der Waals surface area contributed by atoms with Gasteiger partial charge in [0.25, 0.3) is 0 Å². The Balaban J connectivity index is 1.87. The molecule has 3 aromatic rings. The Morgan fingerprint density at radius 1 is 1.00 bits per heavy atom. The molecule has 0 unspecified atom stereocenters. The van der Waals surface area contributed by atoms with E-state index in [0.717, 1.165) is 16.7 Å². The van der Waals surface area contributed by atoms with Crippen LogP contribution in [0.1, 0.15) is 29.7 Å². The second-order valence-corrected chi connectivity index (χ2v) is 7.05. The van der Waals surface area contributed by atoms with Crippen molar-refractivity contribution in [1.29, 1.82) is 0 Å². The van der Waals surface area contributed by atoms with Gasteiger partial charge in [-0.3, -0.25) is 4.98 Å². The number of nitrogens with zero attached hydrogens (tertiary/aromatic N) is 3. The standard InChI is InChI=1S/C23H21N3O2/c1-23(22(27)28)20(18-12-14-24-15-13-18)26(16-17-8-4-2-5-9-17)21(25-23)19-10-6-3-7-11-19/h2-15,20H,16H2,1H3,(H,27,28)/t20-,23-/m0/s1. The van der Waals surface area contributed by atoms with Gasteiger partial charge in [-0.15, -0.1) is 0 Å². The third-order valence-electron chi connectivity index (χ3n) is 5.14. The van der Waals surface area contributed by atoms with Gasteiger partial charge in [0, 0.05) is 24.5 Å². The second kappa shape index (κ2) is 7.27. The van der Waals surface area contributed by atoms with Gasteiger partial charge in [-0.25, -0.2) is 9.79 Å². The molecule has 0 radical (unpaired) electrons. The summed E-state index contributed by atoms with van der Waals surface area (Å²) in [6, 6.07) is 23.1. The summed E-state index contributed by atoms with van der Waals surface area (Å²) in [4.78, 5) is 23.3.